The highest BCUT2D eigenvalue weighted by Gasteiger charge is 2.35. The van der Waals surface area contributed by atoms with E-state index in [0.717, 1.165) is 0 Å². The van der Waals surface area contributed by atoms with E-state index in [0.29, 0.717) is 6.07 Å². The fourth-order valence-electron chi connectivity index (χ4n) is 1.25. The Bertz CT molecular complexity index is 549. The molecule has 1 heterocycles. The van der Waals surface area contributed by atoms with Crippen molar-refractivity contribution in [3.8, 4) is 0 Å². The van der Waals surface area contributed by atoms with Crippen LogP contribution in [0.5, 0.6) is 0 Å². The highest BCUT2D eigenvalue weighted by Crippen LogP contribution is 2.35. The molecule has 0 aliphatic carbocycles. The number of nitrogens with zero attached hydrogens (tertiary/aromatic N) is 1. The highest BCUT2D eigenvalue weighted by molar-refractivity contribution is 9.10. The Balaban J connectivity index is 2.95. The van der Waals surface area contributed by atoms with E-state index < -0.39 is 39.6 Å². The van der Waals surface area contributed by atoms with Crippen molar-refractivity contribution in [3.63, 3.8) is 0 Å². The number of carbonyl (C=O) groups excluding carboxylic acids is 1. The number of pyridine rings is 1. The fraction of sp³-hybridized carbons (Fsp3) is 0.300. The first-order chi connectivity index (χ1) is 9.12. The molecular weight excluding hydrogens is 347 g/mol. The number of nitrogens with one attached hydrogen (secondary N) is 1. The highest BCUT2D eigenvalue weighted by atomic mass is 79.9. The molecule has 0 fully saturated rings. The first kappa shape index (κ1) is 16.2. The Morgan fingerprint density at radius 3 is 2.55 bits per heavy atom. The minimum Gasteiger partial charge on any atom is -0.481 e. The molecule has 6 nitrogen and oxygen atoms in total. The summed E-state index contributed by atoms with van der Waals surface area (Å²) in [6.07, 6.45) is -4.98. The van der Waals surface area contributed by atoms with Crippen molar-refractivity contribution in [1.29, 1.82) is 0 Å². The lowest BCUT2D eigenvalue weighted by molar-refractivity contribution is -0.138. The summed E-state index contributed by atoms with van der Waals surface area (Å²) in [7, 11) is 0. The summed E-state index contributed by atoms with van der Waals surface area (Å²) in [4.78, 5) is 25.3. The lowest BCUT2D eigenvalue weighted by atomic mass is 10.2. The number of amides is 1. The van der Waals surface area contributed by atoms with Gasteiger partial charge in [-0.1, -0.05) is 0 Å². The third-order valence-electron chi connectivity index (χ3n) is 2.15. The largest absolute Gasteiger partial charge is 0.481 e. The summed E-state index contributed by atoms with van der Waals surface area (Å²) < 4.78 is 37.1. The lowest BCUT2D eigenvalue weighted by Gasteiger charge is -2.12. The number of aliphatic carboxylic acids is 1. The molecule has 0 spiro atoms. The van der Waals surface area contributed by atoms with Crippen molar-refractivity contribution < 1.29 is 27.9 Å². The monoisotopic (exact) mass is 355 g/mol. The quantitative estimate of drug-likeness (QED) is 0.712. The maximum absolute atomic E-state index is 12.6. The molecule has 1 rings (SSSR count). The van der Waals surface area contributed by atoms with Crippen LogP contribution in [0.4, 0.5) is 18.9 Å². The van der Waals surface area contributed by atoms with E-state index in [1.807, 2.05) is 0 Å². The summed E-state index contributed by atoms with van der Waals surface area (Å²) in [5, 5.41) is 10.6. The van der Waals surface area contributed by atoms with Crippen molar-refractivity contribution in [2.75, 3.05) is 12.3 Å². The van der Waals surface area contributed by atoms with E-state index in [4.69, 9.17) is 10.8 Å². The van der Waals surface area contributed by atoms with Gasteiger partial charge in [0.15, 0.2) is 5.69 Å². The Kier molecular flexibility index (Phi) is 4.93. The van der Waals surface area contributed by atoms with E-state index in [1.54, 1.807) is 0 Å². The molecular formula is C10H9BrF3N3O3. The van der Waals surface area contributed by atoms with Gasteiger partial charge in [0.25, 0.3) is 5.91 Å². The molecule has 10 heteroatoms. The van der Waals surface area contributed by atoms with Gasteiger partial charge in [-0.3, -0.25) is 9.59 Å². The molecule has 110 valence electrons. The van der Waals surface area contributed by atoms with Gasteiger partial charge >= 0.3 is 12.1 Å². The number of nitrogen functional groups attached to an aromatic ring is 1. The van der Waals surface area contributed by atoms with Crippen LogP contribution < -0.4 is 11.1 Å². The Morgan fingerprint density at radius 2 is 2.05 bits per heavy atom. The molecule has 0 atom stereocenters. The van der Waals surface area contributed by atoms with Gasteiger partial charge in [0.1, 0.15) is 4.60 Å². The molecule has 1 aromatic heterocycles. The van der Waals surface area contributed by atoms with E-state index >= 15 is 0 Å². The van der Waals surface area contributed by atoms with Crippen LogP contribution in [0.3, 0.4) is 0 Å². The number of halogens is 4. The predicted molar refractivity (Wildman–Crippen MR) is 65.9 cm³/mol. The van der Waals surface area contributed by atoms with Crippen molar-refractivity contribution in [2.45, 2.75) is 12.6 Å². The maximum atomic E-state index is 12.6. The summed E-state index contributed by atoms with van der Waals surface area (Å²) in [6, 6.07) is 0.587. The van der Waals surface area contributed by atoms with Crippen LogP contribution in [-0.2, 0) is 11.0 Å². The summed E-state index contributed by atoms with van der Waals surface area (Å²) >= 11 is 2.62. The van der Waals surface area contributed by atoms with Gasteiger partial charge in [-0.05, 0) is 22.0 Å². The summed E-state index contributed by atoms with van der Waals surface area (Å²) in [6.45, 7) is -0.187. The van der Waals surface area contributed by atoms with Gasteiger partial charge in [0, 0.05) is 6.54 Å². The number of hydrogen-bond donors (Lipinski definition) is 3. The Labute approximate surface area is 119 Å². The molecule has 0 aliphatic heterocycles. The van der Waals surface area contributed by atoms with Crippen LogP contribution in [0.2, 0.25) is 0 Å². The number of aromatic nitrogens is 1. The topological polar surface area (TPSA) is 105 Å². The molecule has 0 saturated carbocycles. The van der Waals surface area contributed by atoms with Gasteiger partial charge in [0.05, 0.1) is 17.7 Å². The second kappa shape index (κ2) is 6.07. The minimum absolute atomic E-state index is 0.187. The van der Waals surface area contributed by atoms with Crippen molar-refractivity contribution in [3.05, 3.63) is 21.9 Å². The standard InChI is InChI=1S/C10H9BrF3N3O3/c11-8-4(10(12,13)14)3-5(15)7(17-8)9(20)16-2-1-6(18)19/h3H,1-2,15H2,(H,16,20)(H,18,19). The molecule has 0 unspecified atom stereocenters. The number of nitrogens with two attached hydrogens (primary N) is 1. The molecule has 0 aromatic carbocycles. The van der Waals surface area contributed by atoms with Crippen molar-refractivity contribution >= 4 is 33.5 Å². The molecule has 20 heavy (non-hydrogen) atoms. The predicted octanol–water partition coefficient (Wildman–Crippen LogP) is 1.65. The fourth-order valence-corrected chi connectivity index (χ4v) is 1.77. The number of carbonyl (C=O) groups is 2. The lowest BCUT2D eigenvalue weighted by Crippen LogP contribution is -2.28. The normalized spacial score (nSPS) is 11.2. The second-order valence-corrected chi connectivity index (χ2v) is 4.41. The Morgan fingerprint density at radius 1 is 1.45 bits per heavy atom. The van der Waals surface area contributed by atoms with Crippen LogP contribution >= 0.6 is 15.9 Å². The van der Waals surface area contributed by atoms with Crippen LogP contribution in [-0.4, -0.2) is 28.5 Å². The van der Waals surface area contributed by atoms with Crippen LogP contribution in [0.25, 0.3) is 0 Å². The van der Waals surface area contributed by atoms with E-state index in [2.05, 4.69) is 26.2 Å². The van der Waals surface area contributed by atoms with Crippen molar-refractivity contribution in [2.24, 2.45) is 0 Å². The molecule has 0 bridgehead atoms. The zero-order chi connectivity index (χ0) is 15.5. The first-order valence-corrected chi connectivity index (χ1v) is 5.95. The van der Waals surface area contributed by atoms with E-state index in [1.165, 1.54) is 0 Å². The number of carboxylic acid groups (broad SMARTS) is 1. The van der Waals surface area contributed by atoms with E-state index in [9.17, 15) is 22.8 Å². The maximum Gasteiger partial charge on any atom is 0.419 e. The van der Waals surface area contributed by atoms with Crippen LogP contribution in [0.15, 0.2) is 10.7 Å². The van der Waals surface area contributed by atoms with E-state index in [-0.39, 0.29) is 13.0 Å². The second-order valence-electron chi connectivity index (χ2n) is 3.66. The van der Waals surface area contributed by atoms with Gasteiger partial charge < -0.3 is 16.2 Å². The molecule has 4 N–H and O–H groups in total. The smallest absolute Gasteiger partial charge is 0.419 e. The van der Waals surface area contributed by atoms with Gasteiger partial charge in [-0.15, -0.1) is 0 Å². The molecule has 1 aromatic rings. The molecule has 0 aliphatic rings. The van der Waals surface area contributed by atoms with Crippen LogP contribution in [0, 0.1) is 0 Å². The zero-order valence-electron chi connectivity index (χ0n) is 9.79. The summed E-state index contributed by atoms with van der Waals surface area (Å²) in [5.74, 6) is -1.97. The zero-order valence-corrected chi connectivity index (χ0v) is 11.4. The molecule has 0 saturated heterocycles. The van der Waals surface area contributed by atoms with Crippen LogP contribution in [0.1, 0.15) is 22.5 Å². The summed E-state index contributed by atoms with van der Waals surface area (Å²) in [5.41, 5.74) is 3.40. The average molecular weight is 356 g/mol. The van der Waals surface area contributed by atoms with Gasteiger partial charge in [-0.2, -0.15) is 13.2 Å². The van der Waals surface area contributed by atoms with Gasteiger partial charge in [0.2, 0.25) is 0 Å². The number of rotatable bonds is 4. The third-order valence-corrected chi connectivity index (χ3v) is 2.75. The van der Waals surface area contributed by atoms with Gasteiger partial charge in [-0.25, -0.2) is 4.98 Å². The number of carboxylic acids is 1. The SMILES string of the molecule is Nc1cc(C(F)(F)F)c(Br)nc1C(=O)NCCC(=O)O. The number of alkyl halides is 3. The Hall–Kier alpha value is -1.84. The third kappa shape index (κ3) is 4.08. The molecule has 0 radical (unpaired) electrons. The average Bonchev–Trinajstić information content (AvgIpc) is 2.29. The number of hydrogen-bond acceptors (Lipinski definition) is 4. The molecule has 1 amide bonds. The van der Waals surface area contributed by atoms with Crippen molar-refractivity contribution in [1.82, 2.24) is 10.3 Å². The number of anilines is 1. The first-order valence-electron chi connectivity index (χ1n) is 5.16. The minimum atomic E-state index is -4.65.